The second-order valence-electron chi connectivity index (χ2n) is 3.60. The van der Waals surface area contributed by atoms with Crippen molar-refractivity contribution in [2.24, 2.45) is 5.92 Å². The van der Waals surface area contributed by atoms with Crippen LogP contribution in [0.1, 0.15) is 39.0 Å². The lowest BCUT2D eigenvalue weighted by molar-refractivity contribution is -0.126. The Morgan fingerprint density at radius 3 is 2.92 bits per heavy atom. The summed E-state index contributed by atoms with van der Waals surface area (Å²) in [6, 6.07) is 0. The summed E-state index contributed by atoms with van der Waals surface area (Å²) in [6.45, 7) is 2.18. The van der Waals surface area contributed by atoms with Crippen LogP contribution < -0.4 is 0 Å². The van der Waals surface area contributed by atoms with E-state index in [1.807, 2.05) is 0 Å². The third kappa shape index (κ3) is 2.31. The first-order valence-electron chi connectivity index (χ1n) is 4.82. The van der Waals surface area contributed by atoms with Gasteiger partial charge in [-0.3, -0.25) is 4.79 Å². The van der Waals surface area contributed by atoms with E-state index in [0.29, 0.717) is 18.1 Å². The van der Waals surface area contributed by atoms with Crippen molar-refractivity contribution in [1.82, 2.24) is 0 Å². The molecule has 0 spiro atoms. The summed E-state index contributed by atoms with van der Waals surface area (Å²) in [5.74, 6) is 0.993. The Balaban J connectivity index is 2.44. The summed E-state index contributed by atoms with van der Waals surface area (Å²) in [7, 11) is 1.71. The fourth-order valence-corrected chi connectivity index (χ4v) is 2.00. The minimum atomic E-state index is 0.200. The molecule has 12 heavy (non-hydrogen) atoms. The van der Waals surface area contributed by atoms with Crippen LogP contribution in [0.15, 0.2) is 0 Å². The Hall–Kier alpha value is -0.370. The Bertz CT molecular complexity index is 154. The molecule has 1 aliphatic rings. The zero-order valence-electron chi connectivity index (χ0n) is 8.01. The monoisotopic (exact) mass is 170 g/mol. The van der Waals surface area contributed by atoms with Gasteiger partial charge in [-0.1, -0.05) is 13.3 Å². The molecule has 0 radical (unpaired) electrons. The van der Waals surface area contributed by atoms with E-state index in [4.69, 9.17) is 4.74 Å². The summed E-state index contributed by atoms with van der Waals surface area (Å²) < 4.78 is 5.31. The van der Waals surface area contributed by atoms with E-state index in [1.54, 1.807) is 7.11 Å². The molecule has 0 heterocycles. The third-order valence-electron chi connectivity index (χ3n) is 2.71. The standard InChI is InChI=1S/C10H18O2/c1-3-4-8-5-6-9(11)7-10(8)12-2/h8,10H,3-7H2,1-2H3. The molecule has 1 rings (SSSR count). The van der Waals surface area contributed by atoms with Gasteiger partial charge in [0.2, 0.25) is 0 Å². The van der Waals surface area contributed by atoms with Gasteiger partial charge in [-0.05, 0) is 18.8 Å². The van der Waals surface area contributed by atoms with E-state index in [0.717, 1.165) is 12.8 Å². The largest absolute Gasteiger partial charge is 0.381 e. The van der Waals surface area contributed by atoms with Gasteiger partial charge in [0, 0.05) is 20.0 Å². The van der Waals surface area contributed by atoms with E-state index in [9.17, 15) is 4.79 Å². The molecule has 0 aromatic rings. The number of rotatable bonds is 3. The van der Waals surface area contributed by atoms with Crippen LogP contribution in [-0.4, -0.2) is 19.0 Å². The molecule has 0 bridgehead atoms. The molecule has 0 N–H and O–H groups in total. The van der Waals surface area contributed by atoms with Crippen molar-refractivity contribution in [2.45, 2.75) is 45.1 Å². The van der Waals surface area contributed by atoms with E-state index in [1.165, 1.54) is 12.8 Å². The van der Waals surface area contributed by atoms with Crippen LogP contribution in [0.4, 0.5) is 0 Å². The van der Waals surface area contributed by atoms with Gasteiger partial charge in [0.05, 0.1) is 6.10 Å². The Kier molecular flexibility index (Phi) is 3.73. The molecule has 0 amide bonds. The lowest BCUT2D eigenvalue weighted by atomic mass is 9.83. The van der Waals surface area contributed by atoms with Gasteiger partial charge in [-0.15, -0.1) is 0 Å². The first kappa shape index (κ1) is 9.72. The average Bonchev–Trinajstić information content (AvgIpc) is 2.08. The number of carbonyl (C=O) groups excluding carboxylic acids is 1. The number of Topliss-reactive ketones (excluding diaryl/α,β-unsaturated/α-hetero) is 1. The van der Waals surface area contributed by atoms with Crippen LogP contribution in [-0.2, 0) is 9.53 Å². The molecule has 70 valence electrons. The number of ketones is 1. The molecule has 2 heteroatoms. The second-order valence-corrected chi connectivity index (χ2v) is 3.60. The van der Waals surface area contributed by atoms with Gasteiger partial charge < -0.3 is 4.74 Å². The molecule has 0 saturated heterocycles. The van der Waals surface area contributed by atoms with Crippen molar-refractivity contribution in [2.75, 3.05) is 7.11 Å². The van der Waals surface area contributed by atoms with Crippen molar-refractivity contribution < 1.29 is 9.53 Å². The van der Waals surface area contributed by atoms with Gasteiger partial charge in [0.1, 0.15) is 5.78 Å². The van der Waals surface area contributed by atoms with Crippen LogP contribution in [0.25, 0.3) is 0 Å². The third-order valence-corrected chi connectivity index (χ3v) is 2.71. The molecular weight excluding hydrogens is 152 g/mol. The maximum atomic E-state index is 11.1. The van der Waals surface area contributed by atoms with Gasteiger partial charge in [0.15, 0.2) is 0 Å². The quantitative estimate of drug-likeness (QED) is 0.649. The maximum Gasteiger partial charge on any atom is 0.135 e. The Morgan fingerprint density at radius 1 is 1.58 bits per heavy atom. The molecule has 2 atom stereocenters. The van der Waals surface area contributed by atoms with E-state index in [-0.39, 0.29) is 6.10 Å². The molecule has 0 aromatic heterocycles. The molecule has 0 aliphatic heterocycles. The smallest absolute Gasteiger partial charge is 0.135 e. The number of hydrogen-bond acceptors (Lipinski definition) is 2. The first-order valence-corrected chi connectivity index (χ1v) is 4.82. The molecular formula is C10H18O2. The minimum absolute atomic E-state index is 0.200. The number of carbonyl (C=O) groups is 1. The van der Waals surface area contributed by atoms with Crippen molar-refractivity contribution in [3.8, 4) is 0 Å². The summed E-state index contributed by atoms with van der Waals surface area (Å²) in [4.78, 5) is 11.1. The highest BCUT2D eigenvalue weighted by Crippen LogP contribution is 2.27. The van der Waals surface area contributed by atoms with Crippen LogP contribution in [0, 0.1) is 5.92 Å². The van der Waals surface area contributed by atoms with E-state index >= 15 is 0 Å². The molecule has 2 unspecified atom stereocenters. The fourth-order valence-electron chi connectivity index (χ4n) is 2.00. The second kappa shape index (κ2) is 4.61. The normalized spacial score (nSPS) is 30.7. The predicted octanol–water partition coefficient (Wildman–Crippen LogP) is 2.17. The van der Waals surface area contributed by atoms with Crippen molar-refractivity contribution in [3.63, 3.8) is 0 Å². The lowest BCUT2D eigenvalue weighted by Crippen LogP contribution is -2.31. The van der Waals surface area contributed by atoms with E-state index in [2.05, 4.69) is 6.92 Å². The van der Waals surface area contributed by atoms with Crippen LogP contribution in [0.2, 0.25) is 0 Å². The van der Waals surface area contributed by atoms with Gasteiger partial charge in [-0.25, -0.2) is 0 Å². The minimum Gasteiger partial charge on any atom is -0.381 e. The molecule has 2 nitrogen and oxygen atoms in total. The highest BCUT2D eigenvalue weighted by atomic mass is 16.5. The summed E-state index contributed by atoms with van der Waals surface area (Å²) >= 11 is 0. The zero-order chi connectivity index (χ0) is 8.97. The Labute approximate surface area is 74.3 Å². The molecule has 1 fully saturated rings. The van der Waals surface area contributed by atoms with Crippen LogP contribution >= 0.6 is 0 Å². The lowest BCUT2D eigenvalue weighted by Gasteiger charge is -2.29. The predicted molar refractivity (Wildman–Crippen MR) is 48.1 cm³/mol. The average molecular weight is 170 g/mol. The molecule has 1 saturated carbocycles. The SMILES string of the molecule is CCCC1CCC(=O)CC1OC. The fraction of sp³-hybridized carbons (Fsp3) is 0.900. The first-order chi connectivity index (χ1) is 5.77. The summed E-state index contributed by atoms with van der Waals surface area (Å²) in [6.07, 6.45) is 5.03. The number of hydrogen-bond donors (Lipinski definition) is 0. The summed E-state index contributed by atoms with van der Waals surface area (Å²) in [5, 5.41) is 0. The highest BCUT2D eigenvalue weighted by molar-refractivity contribution is 5.79. The van der Waals surface area contributed by atoms with Crippen molar-refractivity contribution in [3.05, 3.63) is 0 Å². The topological polar surface area (TPSA) is 26.3 Å². The van der Waals surface area contributed by atoms with Crippen LogP contribution in [0.3, 0.4) is 0 Å². The molecule has 0 aromatic carbocycles. The van der Waals surface area contributed by atoms with Crippen molar-refractivity contribution >= 4 is 5.78 Å². The number of methoxy groups -OCH3 is 1. The maximum absolute atomic E-state index is 11.1. The Morgan fingerprint density at radius 2 is 2.33 bits per heavy atom. The van der Waals surface area contributed by atoms with Crippen LogP contribution in [0.5, 0.6) is 0 Å². The molecule has 1 aliphatic carbocycles. The van der Waals surface area contributed by atoms with Gasteiger partial charge in [0.25, 0.3) is 0 Å². The summed E-state index contributed by atoms with van der Waals surface area (Å²) in [5.41, 5.74) is 0. The zero-order valence-corrected chi connectivity index (χ0v) is 8.01. The van der Waals surface area contributed by atoms with E-state index < -0.39 is 0 Å². The highest BCUT2D eigenvalue weighted by Gasteiger charge is 2.28. The van der Waals surface area contributed by atoms with Crippen molar-refractivity contribution in [1.29, 1.82) is 0 Å². The van der Waals surface area contributed by atoms with Gasteiger partial charge in [-0.2, -0.15) is 0 Å². The van der Waals surface area contributed by atoms with Gasteiger partial charge >= 0.3 is 0 Å². The number of ether oxygens (including phenoxy) is 1.